The Kier molecular flexibility index (Phi) is 7.35. The van der Waals surface area contributed by atoms with Crippen molar-refractivity contribution in [1.29, 1.82) is 0 Å². The van der Waals surface area contributed by atoms with Gasteiger partial charge in [-0.05, 0) is 43.2 Å². The third-order valence-electron chi connectivity index (χ3n) is 5.98. The van der Waals surface area contributed by atoms with Gasteiger partial charge in [0, 0.05) is 16.1 Å². The zero-order valence-corrected chi connectivity index (χ0v) is 19.4. The minimum Gasteiger partial charge on any atom is -0.456 e. The molecule has 0 spiro atoms. The van der Waals surface area contributed by atoms with Gasteiger partial charge in [-0.1, -0.05) is 41.9 Å². The van der Waals surface area contributed by atoms with Crippen LogP contribution >= 0.6 is 15.9 Å². The third kappa shape index (κ3) is 5.08. The van der Waals surface area contributed by atoms with E-state index in [0.29, 0.717) is 5.56 Å². The molecule has 0 unspecified atom stereocenters. The fourth-order valence-corrected chi connectivity index (χ4v) is 4.67. The molecule has 1 aromatic carbocycles. The van der Waals surface area contributed by atoms with Crippen molar-refractivity contribution in [3.8, 4) is 0 Å². The van der Waals surface area contributed by atoms with Crippen molar-refractivity contribution >= 4 is 39.7 Å². The van der Waals surface area contributed by atoms with Crippen LogP contribution in [0.1, 0.15) is 43.5 Å². The van der Waals surface area contributed by atoms with Crippen LogP contribution in [-0.4, -0.2) is 60.5 Å². The van der Waals surface area contributed by atoms with E-state index in [1.54, 1.807) is 29.2 Å². The fraction of sp³-hybridized carbons (Fsp3) is 0.545. The molecule has 4 atom stereocenters. The molecule has 3 rings (SSSR count). The highest BCUT2D eigenvalue weighted by Gasteiger charge is 2.53. The van der Waals surface area contributed by atoms with Crippen LogP contribution in [0.25, 0.3) is 0 Å². The Bertz CT molecular complexity index is 856. The van der Waals surface area contributed by atoms with Gasteiger partial charge in [0.25, 0.3) is 0 Å². The number of rotatable bonds is 7. The molecule has 0 radical (unpaired) electrons. The Balaban J connectivity index is 1.70. The highest BCUT2D eigenvalue weighted by molar-refractivity contribution is 9.10. The highest BCUT2D eigenvalue weighted by atomic mass is 79.9. The number of nitrogens with zero attached hydrogens (tertiary/aromatic N) is 1. The number of likely N-dealkylation sites (tertiary alicyclic amines) is 1. The highest BCUT2D eigenvalue weighted by Crippen LogP contribution is 2.43. The normalized spacial score (nSPS) is 22.9. The summed E-state index contributed by atoms with van der Waals surface area (Å²) < 4.78 is 10.8. The predicted molar refractivity (Wildman–Crippen MR) is 115 cm³/mol. The van der Waals surface area contributed by atoms with E-state index in [-0.39, 0.29) is 36.2 Å². The van der Waals surface area contributed by atoms with E-state index in [4.69, 9.17) is 4.74 Å². The van der Waals surface area contributed by atoms with Gasteiger partial charge < -0.3 is 19.7 Å². The molecule has 168 valence electrons. The fourth-order valence-electron chi connectivity index (χ4n) is 4.41. The number of halogens is 1. The van der Waals surface area contributed by atoms with Gasteiger partial charge in [-0.2, -0.15) is 0 Å². The Hall–Kier alpha value is -2.42. The lowest BCUT2D eigenvalue weighted by Crippen LogP contribution is -2.58. The van der Waals surface area contributed by atoms with E-state index in [2.05, 4.69) is 26.0 Å². The van der Waals surface area contributed by atoms with Crippen LogP contribution in [0.15, 0.2) is 28.7 Å². The number of amides is 2. The second-order valence-corrected chi connectivity index (χ2v) is 9.23. The standard InChI is InChI=1S/C22H27BrN2O6/c1-12(2)18(24-22(29)30-3)20(27)25-16-9-6-14(10-16)19(25)21(28)31-11-17(26)13-4-7-15(23)8-5-13/h4-5,7-8,12,14,16,18-19H,6,9-11H2,1-3H3,(H,24,29)/t14-,16+,18-,19-/m0/s1. The Morgan fingerprint density at radius 1 is 1.16 bits per heavy atom. The largest absolute Gasteiger partial charge is 0.456 e. The minimum absolute atomic E-state index is 0.00447. The van der Waals surface area contributed by atoms with Crippen LogP contribution in [0.4, 0.5) is 4.79 Å². The van der Waals surface area contributed by atoms with Crippen LogP contribution in [0, 0.1) is 11.8 Å². The van der Waals surface area contributed by atoms with Crippen molar-refractivity contribution in [3.05, 3.63) is 34.3 Å². The summed E-state index contributed by atoms with van der Waals surface area (Å²) in [5, 5.41) is 2.58. The topological polar surface area (TPSA) is 102 Å². The molecule has 1 saturated carbocycles. The van der Waals surface area contributed by atoms with Crippen LogP contribution in [-0.2, 0) is 19.1 Å². The van der Waals surface area contributed by atoms with Crippen LogP contribution in [0.2, 0.25) is 0 Å². The van der Waals surface area contributed by atoms with Gasteiger partial charge >= 0.3 is 12.1 Å². The molecule has 1 aliphatic heterocycles. The van der Waals surface area contributed by atoms with Crippen LogP contribution in [0.3, 0.4) is 0 Å². The summed E-state index contributed by atoms with van der Waals surface area (Å²) in [6, 6.07) is 5.16. The van der Waals surface area contributed by atoms with Crippen molar-refractivity contribution < 1.29 is 28.7 Å². The summed E-state index contributed by atoms with van der Waals surface area (Å²) in [4.78, 5) is 51.9. The maximum atomic E-state index is 13.3. The smallest absolute Gasteiger partial charge is 0.407 e. The molecule has 2 amide bonds. The lowest BCUT2D eigenvalue weighted by molar-refractivity contribution is -0.157. The Morgan fingerprint density at radius 3 is 2.45 bits per heavy atom. The molecule has 1 N–H and O–H groups in total. The van der Waals surface area contributed by atoms with E-state index in [1.807, 2.05) is 13.8 Å². The number of benzene rings is 1. The second-order valence-electron chi connectivity index (χ2n) is 8.31. The first-order valence-electron chi connectivity index (χ1n) is 10.3. The molecular weight excluding hydrogens is 468 g/mol. The monoisotopic (exact) mass is 494 g/mol. The number of piperidine rings is 1. The van der Waals surface area contributed by atoms with E-state index in [9.17, 15) is 19.2 Å². The maximum absolute atomic E-state index is 13.3. The molecule has 9 heteroatoms. The van der Waals surface area contributed by atoms with Gasteiger partial charge in [0.1, 0.15) is 12.1 Å². The number of nitrogens with one attached hydrogen (secondary N) is 1. The number of ketones is 1. The number of esters is 1. The number of hydrogen-bond donors (Lipinski definition) is 1. The summed E-state index contributed by atoms with van der Waals surface area (Å²) in [7, 11) is 1.23. The van der Waals surface area contributed by atoms with E-state index < -0.39 is 24.1 Å². The molecule has 0 aromatic heterocycles. The molecule has 1 aromatic rings. The number of methoxy groups -OCH3 is 1. The van der Waals surface area contributed by atoms with Gasteiger partial charge in [0.05, 0.1) is 7.11 Å². The Morgan fingerprint density at radius 2 is 1.84 bits per heavy atom. The summed E-state index contributed by atoms with van der Waals surface area (Å²) >= 11 is 3.31. The predicted octanol–water partition coefficient (Wildman–Crippen LogP) is 2.94. The van der Waals surface area contributed by atoms with Gasteiger partial charge in [-0.15, -0.1) is 0 Å². The molecule has 31 heavy (non-hydrogen) atoms. The first kappa shape index (κ1) is 23.2. The van der Waals surface area contributed by atoms with Gasteiger partial charge in [0.15, 0.2) is 12.4 Å². The number of carbonyl (C=O) groups is 4. The van der Waals surface area contributed by atoms with Gasteiger partial charge in [-0.3, -0.25) is 9.59 Å². The van der Waals surface area contributed by atoms with Crippen molar-refractivity contribution in [2.24, 2.45) is 11.8 Å². The van der Waals surface area contributed by atoms with Gasteiger partial charge in [0.2, 0.25) is 5.91 Å². The summed E-state index contributed by atoms with van der Waals surface area (Å²) in [6.07, 6.45) is 1.65. The first-order chi connectivity index (χ1) is 14.7. The zero-order chi connectivity index (χ0) is 22.7. The van der Waals surface area contributed by atoms with Gasteiger partial charge in [-0.25, -0.2) is 9.59 Å². The SMILES string of the molecule is COC(=O)N[C@H](C(=O)N1[C@@H]2CC[C@@H](C2)[C@H]1C(=O)OCC(=O)c1ccc(Br)cc1)C(C)C. The second kappa shape index (κ2) is 9.80. The first-order valence-corrected chi connectivity index (χ1v) is 11.1. The number of ether oxygens (including phenoxy) is 2. The molecule has 1 aliphatic carbocycles. The Labute approximate surface area is 189 Å². The molecular formula is C22H27BrN2O6. The lowest BCUT2D eigenvalue weighted by atomic mass is 9.96. The van der Waals surface area contributed by atoms with E-state index in [0.717, 1.165) is 23.7 Å². The third-order valence-corrected chi connectivity index (χ3v) is 6.51. The maximum Gasteiger partial charge on any atom is 0.407 e. The summed E-state index contributed by atoms with van der Waals surface area (Å²) in [6.45, 7) is 3.25. The number of fused-ring (bicyclic) bond motifs is 2. The summed E-state index contributed by atoms with van der Waals surface area (Å²) in [5.41, 5.74) is 0.444. The number of Topliss-reactive ketones (excluding diaryl/α,β-unsaturated/α-hetero) is 1. The minimum atomic E-state index is -0.813. The van der Waals surface area contributed by atoms with Crippen LogP contribution < -0.4 is 5.32 Å². The molecule has 2 aliphatic rings. The number of carbonyl (C=O) groups excluding carboxylic acids is 4. The molecule has 2 fully saturated rings. The van der Waals surface area contributed by atoms with Crippen molar-refractivity contribution in [2.45, 2.75) is 51.2 Å². The van der Waals surface area contributed by atoms with E-state index >= 15 is 0 Å². The summed E-state index contributed by atoms with van der Waals surface area (Å²) in [5.74, 6) is -1.41. The zero-order valence-electron chi connectivity index (χ0n) is 17.8. The molecule has 2 bridgehead atoms. The lowest BCUT2D eigenvalue weighted by Gasteiger charge is -2.37. The van der Waals surface area contributed by atoms with Crippen LogP contribution in [0.5, 0.6) is 0 Å². The number of hydrogen-bond acceptors (Lipinski definition) is 6. The molecule has 1 heterocycles. The average molecular weight is 495 g/mol. The quantitative estimate of drug-likeness (QED) is 0.461. The molecule has 1 saturated heterocycles. The average Bonchev–Trinajstić information content (AvgIpc) is 3.37. The van der Waals surface area contributed by atoms with Crippen molar-refractivity contribution in [3.63, 3.8) is 0 Å². The molecule has 8 nitrogen and oxygen atoms in total. The number of alkyl carbamates (subject to hydrolysis) is 1. The van der Waals surface area contributed by atoms with Crippen molar-refractivity contribution in [2.75, 3.05) is 13.7 Å². The van der Waals surface area contributed by atoms with E-state index in [1.165, 1.54) is 7.11 Å². The van der Waals surface area contributed by atoms with Crippen molar-refractivity contribution in [1.82, 2.24) is 10.2 Å².